The molecule has 0 radical (unpaired) electrons. The Labute approximate surface area is 102 Å². The minimum atomic E-state index is -0.833. The maximum Gasteiger partial charge on any atom is 1.00 e. The second kappa shape index (κ2) is 16.3. The van der Waals surface area contributed by atoms with Crippen molar-refractivity contribution >= 4 is 43.2 Å². The van der Waals surface area contributed by atoms with Gasteiger partial charge in [-0.25, -0.2) is 0 Å². The summed E-state index contributed by atoms with van der Waals surface area (Å²) in [4.78, 5) is 9.00. The molecule has 0 aliphatic carbocycles. The van der Waals surface area contributed by atoms with E-state index in [0.717, 1.165) is 6.92 Å². The first-order chi connectivity index (χ1) is 3.15. The topological polar surface area (TPSA) is 37.3 Å². The Bertz CT molecular complexity index is 51.1. The Kier molecular flexibility index (Phi) is 34.6. The molecule has 0 rings (SSSR count). The van der Waals surface area contributed by atoms with Crippen LogP contribution in [0.5, 0.6) is 0 Å². The van der Waals surface area contributed by atoms with E-state index in [2.05, 4.69) is 37.2 Å². The van der Waals surface area contributed by atoms with Crippen molar-refractivity contribution in [1.82, 2.24) is 0 Å². The van der Waals surface area contributed by atoms with Gasteiger partial charge in [-0.1, -0.05) is 0 Å². The van der Waals surface area contributed by atoms with Gasteiger partial charge in [0.15, 0.2) is 0 Å². The van der Waals surface area contributed by atoms with E-state index in [0.29, 0.717) is 13.3 Å². The molecule has 6 heteroatoms. The number of aliphatic carboxylic acids is 1. The van der Waals surface area contributed by atoms with Crippen molar-refractivity contribution in [2.75, 3.05) is 0 Å². The molecule has 0 aromatic rings. The van der Waals surface area contributed by atoms with Crippen molar-refractivity contribution in [1.29, 1.82) is 0 Å². The molecule has 0 heterocycles. The number of carboxylic acids is 1. The smallest absolute Gasteiger partial charge is 1.00 e. The Morgan fingerprint density at radius 2 is 1.75 bits per heavy atom. The van der Waals surface area contributed by atoms with Crippen LogP contribution in [-0.4, -0.2) is 11.1 Å². The molecule has 0 saturated heterocycles. The van der Waals surface area contributed by atoms with E-state index in [1.807, 2.05) is 0 Å². The summed E-state index contributed by atoms with van der Waals surface area (Å²) in [6.07, 6.45) is 0. The molecular formula is C2H5I3NaO2-. The van der Waals surface area contributed by atoms with E-state index in [1.54, 1.807) is 0 Å². The largest absolute Gasteiger partial charge is 1.00 e. The average Bonchev–Trinajstić information content (AvgIpc) is 1.33. The van der Waals surface area contributed by atoms with Gasteiger partial charge >= 0.3 is 80.0 Å². The van der Waals surface area contributed by atoms with Crippen molar-refractivity contribution < 1.29 is 54.1 Å². The molecule has 0 aliphatic rings. The monoisotopic (exact) mass is 465 g/mol. The van der Waals surface area contributed by atoms with Crippen LogP contribution in [0.15, 0.2) is 0 Å². The molecule has 0 saturated carbocycles. The quantitative estimate of drug-likeness (QED) is 0.293. The van der Waals surface area contributed by atoms with Crippen molar-refractivity contribution in [2.45, 2.75) is 6.92 Å². The van der Waals surface area contributed by atoms with Crippen LogP contribution in [0.4, 0.5) is 0 Å². The second-order valence-corrected chi connectivity index (χ2v) is 16.8. The van der Waals surface area contributed by atoms with Crippen molar-refractivity contribution in [3.63, 3.8) is 0 Å². The van der Waals surface area contributed by atoms with Crippen molar-refractivity contribution in [2.24, 2.45) is 0 Å². The number of hydrogen-bond acceptors (Lipinski definition) is 1. The molecule has 0 amide bonds. The van der Waals surface area contributed by atoms with Gasteiger partial charge in [-0.3, -0.25) is 4.79 Å². The van der Waals surface area contributed by atoms with Crippen molar-refractivity contribution in [3.8, 4) is 0 Å². The minimum absolute atomic E-state index is 0. The van der Waals surface area contributed by atoms with Gasteiger partial charge in [-0.05, 0) is 0 Å². The van der Waals surface area contributed by atoms with E-state index in [1.165, 1.54) is 0 Å². The van der Waals surface area contributed by atoms with E-state index < -0.39 is 5.97 Å². The summed E-state index contributed by atoms with van der Waals surface area (Å²) in [6, 6.07) is 0. The van der Waals surface area contributed by atoms with Gasteiger partial charge in [-0.2, -0.15) is 0 Å². The van der Waals surface area contributed by atoms with Crippen LogP contribution >= 0.6 is 37.2 Å². The van der Waals surface area contributed by atoms with Crippen LogP contribution in [0.3, 0.4) is 0 Å². The molecule has 2 nitrogen and oxygen atoms in total. The third kappa shape index (κ3) is 71.8. The standard InChI is InChI=1S/C2H4O2.I3.Na.H/c1-2(3)4;1-3-2;;/h1H3,(H,3,4);;;/q;-1;+1;-1. The van der Waals surface area contributed by atoms with Crippen LogP contribution < -0.4 is 42.8 Å². The van der Waals surface area contributed by atoms with Gasteiger partial charge in [0.2, 0.25) is 0 Å². The normalized spacial score (nSPS) is 5.88. The van der Waals surface area contributed by atoms with Crippen LogP contribution in [0.2, 0.25) is 0 Å². The molecule has 48 valence electrons. The molecule has 0 aromatic carbocycles. The van der Waals surface area contributed by atoms with Gasteiger partial charge in [0.25, 0.3) is 5.97 Å². The van der Waals surface area contributed by atoms with E-state index in [4.69, 9.17) is 9.90 Å². The summed E-state index contributed by atoms with van der Waals surface area (Å²) < 4.78 is 0. The van der Waals surface area contributed by atoms with Gasteiger partial charge in [0.1, 0.15) is 0 Å². The fourth-order valence-electron chi connectivity index (χ4n) is 0. The molecule has 0 spiro atoms. The van der Waals surface area contributed by atoms with Gasteiger partial charge in [0.05, 0.1) is 0 Å². The predicted molar refractivity (Wildman–Crippen MR) is 42.5 cm³/mol. The molecule has 0 unspecified atom stereocenters. The zero-order chi connectivity index (χ0) is 6.28. The molecule has 0 atom stereocenters. The maximum absolute atomic E-state index is 9.00. The number of carbonyl (C=O) groups is 1. The summed E-state index contributed by atoms with van der Waals surface area (Å²) >= 11 is 5.30. The van der Waals surface area contributed by atoms with E-state index >= 15 is 0 Å². The Hall–Kier alpha value is 2.66. The maximum atomic E-state index is 9.00. The van der Waals surface area contributed by atoms with E-state index in [9.17, 15) is 0 Å². The van der Waals surface area contributed by atoms with Gasteiger partial charge in [0, 0.05) is 6.92 Å². The predicted octanol–water partition coefficient (Wildman–Crippen LogP) is -4.02. The molecule has 1 N–H and O–H groups in total. The SMILES string of the molecule is CC(=O)O.I[I-]I.[H-].[Na+]. The molecule has 0 aliphatic heterocycles. The minimum Gasteiger partial charge on any atom is -1.00 e. The van der Waals surface area contributed by atoms with Crippen LogP contribution in [0, 0.1) is 0 Å². The summed E-state index contributed by atoms with van der Waals surface area (Å²) in [6.45, 7) is 1.08. The van der Waals surface area contributed by atoms with Crippen LogP contribution in [0.1, 0.15) is 8.35 Å². The van der Waals surface area contributed by atoms with E-state index in [-0.39, 0.29) is 31.0 Å². The van der Waals surface area contributed by atoms with Gasteiger partial charge in [-0.15, -0.1) is 0 Å². The molecular weight excluding hydrogens is 460 g/mol. The number of rotatable bonds is 0. The zero-order valence-corrected chi connectivity index (χ0v) is 13.0. The summed E-state index contributed by atoms with van der Waals surface area (Å²) in [5.41, 5.74) is 0. The molecule has 0 aromatic heterocycles. The Morgan fingerprint density at radius 1 is 1.75 bits per heavy atom. The molecule has 0 bridgehead atoms. The van der Waals surface area contributed by atoms with Crippen molar-refractivity contribution in [3.05, 3.63) is 0 Å². The first kappa shape index (κ1) is 17.0. The number of hydrogen-bond donors (Lipinski definition) is 1. The number of carboxylic acid groups (broad SMARTS) is 1. The Balaban J connectivity index is -0.0000000233. The fraction of sp³-hybridized carbons (Fsp3) is 0.500. The van der Waals surface area contributed by atoms with Crippen LogP contribution in [-0.2, 0) is 4.79 Å². The fourth-order valence-corrected chi connectivity index (χ4v) is 0. The third-order valence-corrected chi connectivity index (χ3v) is 0. The third-order valence-electron chi connectivity index (χ3n) is 0. The van der Waals surface area contributed by atoms with Gasteiger partial charge < -0.3 is 6.53 Å². The Morgan fingerprint density at radius 3 is 1.75 bits per heavy atom. The summed E-state index contributed by atoms with van der Waals surface area (Å²) in [5.74, 6) is -0.833. The first-order valence-electron chi connectivity index (χ1n) is 1.21. The summed E-state index contributed by atoms with van der Waals surface area (Å²) in [5, 5.41) is 7.42. The second-order valence-electron chi connectivity index (χ2n) is 0.573. The summed E-state index contributed by atoms with van der Waals surface area (Å²) in [7, 11) is 0. The molecule has 0 fully saturated rings. The number of halogens is 3. The average molecular weight is 465 g/mol. The van der Waals surface area contributed by atoms with Crippen LogP contribution in [0.25, 0.3) is 0 Å². The zero-order valence-electron chi connectivity index (χ0n) is 5.49. The molecule has 8 heavy (non-hydrogen) atoms. The first-order valence-corrected chi connectivity index (χ1v) is 13.8.